The minimum atomic E-state index is 0.262. The predicted octanol–water partition coefficient (Wildman–Crippen LogP) is 2.49. The van der Waals surface area contributed by atoms with E-state index in [1.165, 1.54) is 11.3 Å². The molecule has 0 radical (unpaired) electrons. The fourth-order valence-electron chi connectivity index (χ4n) is 1.15. The highest BCUT2D eigenvalue weighted by molar-refractivity contribution is 7.15. The fourth-order valence-corrected chi connectivity index (χ4v) is 2.05. The first kappa shape index (κ1) is 9.43. The van der Waals surface area contributed by atoms with Crippen molar-refractivity contribution in [3.8, 4) is 5.75 Å². The summed E-state index contributed by atoms with van der Waals surface area (Å²) in [6.07, 6.45) is 0.652. The Bertz CT molecular complexity index is 444. The van der Waals surface area contributed by atoms with Gasteiger partial charge in [-0.2, -0.15) is 0 Å². The van der Waals surface area contributed by atoms with Crippen molar-refractivity contribution in [1.82, 2.24) is 10.2 Å². The van der Waals surface area contributed by atoms with E-state index < -0.39 is 0 Å². The van der Waals surface area contributed by atoms with Crippen molar-refractivity contribution in [2.45, 2.75) is 6.42 Å². The van der Waals surface area contributed by atoms with E-state index in [4.69, 9.17) is 11.6 Å². The number of hydrogen-bond acceptors (Lipinski definition) is 4. The number of hydrogen-bond donors (Lipinski definition) is 1. The van der Waals surface area contributed by atoms with E-state index >= 15 is 0 Å². The van der Waals surface area contributed by atoms with Crippen LogP contribution in [0, 0.1) is 0 Å². The standard InChI is InChI=1S/C9H7ClN2OS/c10-9-12-11-8(14-9)5-6-2-1-3-7(13)4-6/h1-4,13H,5H2. The van der Waals surface area contributed by atoms with E-state index in [1.54, 1.807) is 18.2 Å². The largest absolute Gasteiger partial charge is 0.508 e. The van der Waals surface area contributed by atoms with Gasteiger partial charge in [-0.25, -0.2) is 0 Å². The highest BCUT2D eigenvalue weighted by Gasteiger charge is 2.03. The van der Waals surface area contributed by atoms with Gasteiger partial charge in [-0.1, -0.05) is 23.5 Å². The number of phenols is 1. The second kappa shape index (κ2) is 3.94. The number of halogens is 1. The van der Waals surface area contributed by atoms with Crippen molar-refractivity contribution >= 4 is 22.9 Å². The smallest absolute Gasteiger partial charge is 0.207 e. The van der Waals surface area contributed by atoms with Crippen molar-refractivity contribution in [1.29, 1.82) is 0 Å². The molecule has 0 saturated carbocycles. The molecule has 0 unspecified atom stereocenters. The van der Waals surface area contributed by atoms with Gasteiger partial charge < -0.3 is 5.11 Å². The van der Waals surface area contributed by atoms with Crippen LogP contribution in [-0.4, -0.2) is 15.3 Å². The van der Waals surface area contributed by atoms with Crippen LogP contribution in [-0.2, 0) is 6.42 Å². The summed E-state index contributed by atoms with van der Waals surface area (Å²) in [5.41, 5.74) is 0.998. The number of benzene rings is 1. The van der Waals surface area contributed by atoms with Crippen molar-refractivity contribution in [2.24, 2.45) is 0 Å². The van der Waals surface area contributed by atoms with Gasteiger partial charge in [0.1, 0.15) is 10.8 Å². The molecule has 1 N–H and O–H groups in total. The van der Waals surface area contributed by atoms with Gasteiger partial charge in [0, 0.05) is 6.42 Å². The van der Waals surface area contributed by atoms with Crippen LogP contribution in [0.25, 0.3) is 0 Å². The van der Waals surface area contributed by atoms with Crippen LogP contribution in [0.15, 0.2) is 24.3 Å². The summed E-state index contributed by atoms with van der Waals surface area (Å²) in [4.78, 5) is 0. The Balaban J connectivity index is 2.18. The second-order valence-electron chi connectivity index (χ2n) is 2.80. The highest BCUT2D eigenvalue weighted by atomic mass is 35.5. The van der Waals surface area contributed by atoms with Gasteiger partial charge in [0.2, 0.25) is 4.47 Å². The predicted molar refractivity (Wildman–Crippen MR) is 55.8 cm³/mol. The maximum atomic E-state index is 9.24. The Kier molecular flexibility index (Phi) is 2.65. The second-order valence-corrected chi connectivity index (χ2v) is 4.44. The summed E-state index contributed by atoms with van der Waals surface area (Å²) >= 11 is 7.00. The van der Waals surface area contributed by atoms with Crippen molar-refractivity contribution in [3.05, 3.63) is 39.3 Å². The Hall–Kier alpha value is -1.13. The molecule has 0 amide bonds. The molecule has 72 valence electrons. The summed E-state index contributed by atoms with van der Waals surface area (Å²) in [6, 6.07) is 7.06. The van der Waals surface area contributed by atoms with Gasteiger partial charge in [0.15, 0.2) is 0 Å². The molecule has 2 aromatic rings. The van der Waals surface area contributed by atoms with Crippen molar-refractivity contribution < 1.29 is 5.11 Å². The van der Waals surface area contributed by atoms with Crippen LogP contribution in [0.3, 0.4) is 0 Å². The summed E-state index contributed by atoms with van der Waals surface area (Å²) in [5, 5.41) is 17.7. The number of nitrogens with zero attached hydrogens (tertiary/aromatic N) is 2. The third-order valence-corrected chi connectivity index (χ3v) is 2.73. The average Bonchev–Trinajstić information content (AvgIpc) is 2.51. The van der Waals surface area contributed by atoms with Gasteiger partial charge in [0.05, 0.1) is 0 Å². The lowest BCUT2D eigenvalue weighted by atomic mass is 10.1. The minimum Gasteiger partial charge on any atom is -0.508 e. The monoisotopic (exact) mass is 226 g/mol. The lowest BCUT2D eigenvalue weighted by Crippen LogP contribution is -1.86. The fraction of sp³-hybridized carbons (Fsp3) is 0.111. The third kappa shape index (κ3) is 2.21. The molecule has 0 aliphatic rings. The molecule has 3 nitrogen and oxygen atoms in total. The first-order valence-electron chi connectivity index (χ1n) is 4.00. The quantitative estimate of drug-likeness (QED) is 0.856. The number of aromatic nitrogens is 2. The number of rotatable bonds is 2. The molecule has 0 atom stereocenters. The van der Waals surface area contributed by atoms with Gasteiger partial charge in [0.25, 0.3) is 0 Å². The minimum absolute atomic E-state index is 0.262. The molecule has 14 heavy (non-hydrogen) atoms. The zero-order chi connectivity index (χ0) is 9.97. The van der Waals surface area contributed by atoms with E-state index in [0.29, 0.717) is 10.9 Å². The summed E-state index contributed by atoms with van der Waals surface area (Å²) in [5.74, 6) is 0.262. The van der Waals surface area contributed by atoms with Crippen LogP contribution in [0.4, 0.5) is 0 Å². The molecule has 0 bridgehead atoms. The molecule has 1 aromatic carbocycles. The molecule has 0 saturated heterocycles. The summed E-state index contributed by atoms with van der Waals surface area (Å²) in [6.45, 7) is 0. The van der Waals surface area contributed by atoms with E-state index in [2.05, 4.69) is 10.2 Å². The van der Waals surface area contributed by atoms with Gasteiger partial charge in [-0.3, -0.25) is 0 Å². The van der Waals surface area contributed by atoms with E-state index in [0.717, 1.165) is 10.6 Å². The van der Waals surface area contributed by atoms with Crippen molar-refractivity contribution in [3.63, 3.8) is 0 Å². The van der Waals surface area contributed by atoms with Crippen LogP contribution in [0.5, 0.6) is 5.75 Å². The molecular weight excluding hydrogens is 220 g/mol. The lowest BCUT2D eigenvalue weighted by molar-refractivity contribution is 0.474. The molecule has 0 aliphatic carbocycles. The van der Waals surface area contributed by atoms with E-state index in [9.17, 15) is 5.11 Å². The Morgan fingerprint density at radius 1 is 1.36 bits per heavy atom. The molecule has 1 heterocycles. The molecule has 0 fully saturated rings. The van der Waals surface area contributed by atoms with Crippen molar-refractivity contribution in [2.75, 3.05) is 0 Å². The molecule has 2 rings (SSSR count). The SMILES string of the molecule is Oc1cccc(Cc2nnc(Cl)s2)c1. The van der Waals surface area contributed by atoms with Crippen LogP contribution in [0.2, 0.25) is 4.47 Å². The highest BCUT2D eigenvalue weighted by Crippen LogP contribution is 2.19. The van der Waals surface area contributed by atoms with Crippen LogP contribution < -0.4 is 0 Å². The average molecular weight is 227 g/mol. The van der Waals surface area contributed by atoms with Crippen LogP contribution >= 0.6 is 22.9 Å². The molecule has 0 aliphatic heterocycles. The topological polar surface area (TPSA) is 46.0 Å². The normalized spacial score (nSPS) is 10.4. The number of aromatic hydroxyl groups is 1. The first-order chi connectivity index (χ1) is 6.74. The first-order valence-corrected chi connectivity index (χ1v) is 5.19. The van der Waals surface area contributed by atoms with E-state index in [1.807, 2.05) is 6.07 Å². The molecule has 1 aromatic heterocycles. The Morgan fingerprint density at radius 2 is 2.21 bits per heavy atom. The molecular formula is C9H7ClN2OS. The Morgan fingerprint density at radius 3 is 2.86 bits per heavy atom. The molecule has 5 heteroatoms. The number of phenolic OH excluding ortho intramolecular Hbond substituents is 1. The van der Waals surface area contributed by atoms with E-state index in [-0.39, 0.29) is 5.75 Å². The van der Waals surface area contributed by atoms with Gasteiger partial charge >= 0.3 is 0 Å². The Labute approximate surface area is 90.0 Å². The third-order valence-electron chi connectivity index (χ3n) is 1.71. The maximum absolute atomic E-state index is 9.24. The lowest BCUT2D eigenvalue weighted by Gasteiger charge is -1.97. The summed E-state index contributed by atoms with van der Waals surface area (Å²) < 4.78 is 0.445. The molecule has 0 spiro atoms. The van der Waals surface area contributed by atoms with Gasteiger partial charge in [-0.05, 0) is 29.3 Å². The van der Waals surface area contributed by atoms with Gasteiger partial charge in [-0.15, -0.1) is 10.2 Å². The van der Waals surface area contributed by atoms with Crippen LogP contribution in [0.1, 0.15) is 10.6 Å². The maximum Gasteiger partial charge on any atom is 0.207 e. The zero-order valence-electron chi connectivity index (χ0n) is 7.14. The summed E-state index contributed by atoms with van der Waals surface area (Å²) in [7, 11) is 0. The zero-order valence-corrected chi connectivity index (χ0v) is 8.72.